The summed E-state index contributed by atoms with van der Waals surface area (Å²) in [5, 5.41) is 12.0. The van der Waals surface area contributed by atoms with Crippen LogP contribution >= 0.6 is 11.3 Å². The molecule has 1 amide bonds. The van der Waals surface area contributed by atoms with Crippen molar-refractivity contribution in [3.63, 3.8) is 0 Å². The van der Waals surface area contributed by atoms with Gasteiger partial charge in [0.15, 0.2) is 0 Å². The van der Waals surface area contributed by atoms with E-state index in [2.05, 4.69) is 22.4 Å². The zero-order valence-corrected chi connectivity index (χ0v) is 11.2. The molecule has 0 aromatic carbocycles. The van der Waals surface area contributed by atoms with Crippen LogP contribution in [0.2, 0.25) is 0 Å². The number of carbonyl (C=O) groups excluding carboxylic acids is 1. The van der Waals surface area contributed by atoms with Crippen LogP contribution in [0, 0.1) is 0 Å². The summed E-state index contributed by atoms with van der Waals surface area (Å²) in [6.07, 6.45) is 1.01. The van der Waals surface area contributed by atoms with E-state index in [4.69, 9.17) is 4.74 Å². The molecule has 1 heterocycles. The molecular formula is C10H18N4O2S. The van der Waals surface area contributed by atoms with Crippen LogP contribution in [0.3, 0.4) is 0 Å². The fourth-order valence-electron chi connectivity index (χ4n) is 1.11. The monoisotopic (exact) mass is 258 g/mol. The molecular weight excluding hydrogens is 240 g/mol. The van der Waals surface area contributed by atoms with Crippen LogP contribution in [0.25, 0.3) is 0 Å². The lowest BCUT2D eigenvalue weighted by molar-refractivity contribution is 0.0743. The standard InChI is InChI=1S/C10H18N4O2S/c1-4-5-11-10-13-12-8(17-10)9(15)14(2)6-7-16-3/h4-7H2,1-3H3,(H,11,13). The van der Waals surface area contributed by atoms with Gasteiger partial charge in [-0.15, -0.1) is 10.2 Å². The van der Waals surface area contributed by atoms with Gasteiger partial charge in [-0.1, -0.05) is 18.3 Å². The third-order valence-electron chi connectivity index (χ3n) is 2.11. The van der Waals surface area contributed by atoms with Crippen LogP contribution in [-0.2, 0) is 4.74 Å². The minimum absolute atomic E-state index is 0.121. The lowest BCUT2D eigenvalue weighted by Gasteiger charge is -2.13. The average molecular weight is 258 g/mol. The molecule has 0 saturated carbocycles. The first-order chi connectivity index (χ1) is 8.19. The van der Waals surface area contributed by atoms with E-state index >= 15 is 0 Å². The van der Waals surface area contributed by atoms with Crippen molar-refractivity contribution in [3.8, 4) is 0 Å². The summed E-state index contributed by atoms with van der Waals surface area (Å²) in [5.74, 6) is -0.121. The van der Waals surface area contributed by atoms with E-state index in [1.807, 2.05) is 0 Å². The lowest BCUT2D eigenvalue weighted by Crippen LogP contribution is -2.29. The van der Waals surface area contributed by atoms with E-state index in [0.29, 0.717) is 23.3 Å². The maximum absolute atomic E-state index is 11.9. The van der Waals surface area contributed by atoms with Crippen molar-refractivity contribution < 1.29 is 9.53 Å². The van der Waals surface area contributed by atoms with Crippen molar-refractivity contribution in [1.82, 2.24) is 15.1 Å². The zero-order valence-electron chi connectivity index (χ0n) is 10.4. The fraction of sp³-hybridized carbons (Fsp3) is 0.700. The Morgan fingerprint density at radius 1 is 1.53 bits per heavy atom. The first-order valence-corrected chi connectivity index (χ1v) is 6.32. The highest BCUT2D eigenvalue weighted by atomic mass is 32.1. The summed E-state index contributed by atoms with van der Waals surface area (Å²) in [7, 11) is 3.33. The smallest absolute Gasteiger partial charge is 0.284 e. The fourth-order valence-corrected chi connectivity index (χ4v) is 1.87. The summed E-state index contributed by atoms with van der Waals surface area (Å²) in [5.41, 5.74) is 0. The van der Waals surface area contributed by atoms with Crippen molar-refractivity contribution >= 4 is 22.4 Å². The maximum Gasteiger partial charge on any atom is 0.284 e. The number of nitrogens with one attached hydrogen (secondary N) is 1. The second kappa shape index (κ2) is 7.18. The molecule has 7 heteroatoms. The van der Waals surface area contributed by atoms with Gasteiger partial charge in [-0.25, -0.2) is 0 Å². The average Bonchev–Trinajstić information content (AvgIpc) is 2.81. The maximum atomic E-state index is 11.9. The molecule has 1 N–H and O–H groups in total. The van der Waals surface area contributed by atoms with Gasteiger partial charge in [0, 0.05) is 27.2 Å². The molecule has 1 aromatic heterocycles. The predicted molar refractivity (Wildman–Crippen MR) is 67.5 cm³/mol. The van der Waals surface area contributed by atoms with Gasteiger partial charge < -0.3 is 15.0 Å². The SMILES string of the molecule is CCCNc1nnc(C(=O)N(C)CCOC)s1. The summed E-state index contributed by atoms with van der Waals surface area (Å²) >= 11 is 1.28. The Morgan fingerprint density at radius 2 is 2.29 bits per heavy atom. The third kappa shape index (κ3) is 4.27. The topological polar surface area (TPSA) is 67.4 Å². The molecule has 0 saturated heterocycles. The number of carbonyl (C=O) groups is 1. The van der Waals surface area contributed by atoms with Crippen LogP contribution in [0.15, 0.2) is 0 Å². The Kier molecular flexibility index (Phi) is 5.85. The van der Waals surface area contributed by atoms with Gasteiger partial charge in [0.25, 0.3) is 5.91 Å². The summed E-state index contributed by atoms with van der Waals surface area (Å²) < 4.78 is 4.92. The zero-order chi connectivity index (χ0) is 12.7. The normalized spacial score (nSPS) is 10.3. The van der Waals surface area contributed by atoms with E-state index in [-0.39, 0.29) is 5.91 Å². The van der Waals surface area contributed by atoms with Gasteiger partial charge in [-0.05, 0) is 6.42 Å². The molecule has 0 aliphatic carbocycles. The Hall–Kier alpha value is -1.21. The quantitative estimate of drug-likeness (QED) is 0.792. The minimum Gasteiger partial charge on any atom is -0.383 e. The highest BCUT2D eigenvalue weighted by Gasteiger charge is 2.16. The number of nitrogens with zero attached hydrogens (tertiary/aromatic N) is 3. The van der Waals surface area contributed by atoms with E-state index in [1.165, 1.54) is 11.3 Å². The first kappa shape index (κ1) is 13.9. The minimum atomic E-state index is -0.121. The number of methoxy groups -OCH3 is 1. The number of rotatable bonds is 7. The molecule has 0 aliphatic heterocycles. The van der Waals surface area contributed by atoms with Crippen molar-refractivity contribution in [2.45, 2.75) is 13.3 Å². The Labute approximate surface area is 105 Å². The summed E-state index contributed by atoms with van der Waals surface area (Å²) in [4.78, 5) is 13.5. The van der Waals surface area contributed by atoms with Crippen LogP contribution < -0.4 is 5.32 Å². The van der Waals surface area contributed by atoms with Crippen LogP contribution in [-0.4, -0.2) is 54.9 Å². The largest absolute Gasteiger partial charge is 0.383 e. The molecule has 0 aliphatic rings. The van der Waals surface area contributed by atoms with Gasteiger partial charge in [0.05, 0.1) is 6.61 Å². The van der Waals surface area contributed by atoms with Crippen molar-refractivity contribution in [2.24, 2.45) is 0 Å². The number of amides is 1. The van der Waals surface area contributed by atoms with E-state index in [1.54, 1.807) is 19.1 Å². The Bertz CT molecular complexity index is 356. The van der Waals surface area contributed by atoms with Crippen LogP contribution in [0.4, 0.5) is 5.13 Å². The number of anilines is 1. The second-order valence-electron chi connectivity index (χ2n) is 3.56. The van der Waals surface area contributed by atoms with E-state index in [9.17, 15) is 4.79 Å². The molecule has 1 aromatic rings. The number of aromatic nitrogens is 2. The Morgan fingerprint density at radius 3 is 2.94 bits per heavy atom. The molecule has 17 heavy (non-hydrogen) atoms. The number of ether oxygens (including phenoxy) is 1. The van der Waals surface area contributed by atoms with E-state index in [0.717, 1.165) is 13.0 Å². The second-order valence-corrected chi connectivity index (χ2v) is 4.54. The van der Waals surface area contributed by atoms with Crippen molar-refractivity contribution in [3.05, 3.63) is 5.01 Å². The molecule has 96 valence electrons. The number of likely N-dealkylation sites (N-methyl/N-ethyl adjacent to an activating group) is 1. The van der Waals surface area contributed by atoms with Crippen LogP contribution in [0.1, 0.15) is 23.1 Å². The number of hydrogen-bond acceptors (Lipinski definition) is 6. The predicted octanol–water partition coefficient (Wildman–Crippen LogP) is 1.08. The van der Waals surface area contributed by atoms with Gasteiger partial charge in [0.2, 0.25) is 10.1 Å². The molecule has 1 rings (SSSR count). The number of hydrogen-bond donors (Lipinski definition) is 1. The highest BCUT2D eigenvalue weighted by Crippen LogP contribution is 2.16. The van der Waals surface area contributed by atoms with Gasteiger partial charge in [0.1, 0.15) is 0 Å². The van der Waals surface area contributed by atoms with Crippen LogP contribution in [0.5, 0.6) is 0 Å². The molecule has 0 unspecified atom stereocenters. The molecule has 0 radical (unpaired) electrons. The van der Waals surface area contributed by atoms with Gasteiger partial charge in [-0.2, -0.15) is 0 Å². The third-order valence-corrected chi connectivity index (χ3v) is 2.98. The highest BCUT2D eigenvalue weighted by molar-refractivity contribution is 7.17. The first-order valence-electron chi connectivity index (χ1n) is 5.50. The molecule has 0 spiro atoms. The van der Waals surface area contributed by atoms with Gasteiger partial charge >= 0.3 is 0 Å². The van der Waals surface area contributed by atoms with Crippen molar-refractivity contribution in [1.29, 1.82) is 0 Å². The molecule has 0 fully saturated rings. The Balaban J connectivity index is 2.53. The van der Waals surface area contributed by atoms with E-state index < -0.39 is 0 Å². The molecule has 0 atom stereocenters. The molecule has 0 bridgehead atoms. The summed E-state index contributed by atoms with van der Waals surface area (Å²) in [6.45, 7) is 3.97. The summed E-state index contributed by atoms with van der Waals surface area (Å²) in [6, 6.07) is 0. The van der Waals surface area contributed by atoms with Gasteiger partial charge in [-0.3, -0.25) is 4.79 Å². The molecule has 6 nitrogen and oxygen atoms in total. The van der Waals surface area contributed by atoms with Crippen molar-refractivity contribution in [2.75, 3.05) is 39.2 Å². The lowest BCUT2D eigenvalue weighted by atomic mass is 10.5.